The van der Waals surface area contributed by atoms with Crippen LogP contribution in [0.2, 0.25) is 0 Å². The maximum atomic E-state index is 13.4. The highest BCUT2D eigenvalue weighted by atomic mass is 32.2. The first-order valence-electron chi connectivity index (χ1n) is 9.94. The van der Waals surface area contributed by atoms with E-state index >= 15 is 0 Å². The van der Waals surface area contributed by atoms with Crippen molar-refractivity contribution in [1.29, 1.82) is 0 Å². The van der Waals surface area contributed by atoms with Crippen LogP contribution in [0, 0.1) is 6.92 Å². The van der Waals surface area contributed by atoms with Crippen molar-refractivity contribution < 1.29 is 17.9 Å². The summed E-state index contributed by atoms with van der Waals surface area (Å²) in [5.74, 6) is 0.125. The van der Waals surface area contributed by atoms with Gasteiger partial charge in [0.25, 0.3) is 10.0 Å². The highest BCUT2D eigenvalue weighted by Crippen LogP contribution is 2.27. The van der Waals surface area contributed by atoms with E-state index in [4.69, 9.17) is 4.74 Å². The lowest BCUT2D eigenvalue weighted by molar-refractivity contribution is -0.119. The number of hydrogen-bond acceptors (Lipinski definition) is 4. The molecule has 0 atom stereocenters. The number of carbonyl (C=O) groups is 1. The number of rotatable bonds is 9. The highest BCUT2D eigenvalue weighted by molar-refractivity contribution is 7.92. The zero-order chi connectivity index (χ0) is 22.3. The molecule has 0 bridgehead atoms. The zero-order valence-electron chi connectivity index (χ0n) is 17.6. The summed E-state index contributed by atoms with van der Waals surface area (Å²) in [5, 5.41) is 2.82. The molecule has 0 heterocycles. The van der Waals surface area contributed by atoms with Gasteiger partial charge < -0.3 is 10.1 Å². The second-order valence-electron chi connectivity index (χ2n) is 7.11. The SMILES string of the molecule is COc1cccc(N(CC(=O)NCCc2ccccc2)S(=O)(=O)c2ccc(C)cc2)c1. The molecule has 0 aliphatic carbocycles. The third-order valence-corrected chi connectivity index (χ3v) is 6.60. The van der Waals surface area contributed by atoms with Crippen molar-refractivity contribution in [1.82, 2.24) is 5.32 Å². The minimum absolute atomic E-state index is 0.123. The molecular formula is C24H26N2O4S. The number of nitrogens with zero attached hydrogens (tertiary/aromatic N) is 1. The molecule has 1 N–H and O–H groups in total. The fourth-order valence-electron chi connectivity index (χ4n) is 3.10. The number of sulfonamides is 1. The van der Waals surface area contributed by atoms with Gasteiger partial charge in [-0.1, -0.05) is 54.1 Å². The molecule has 3 aromatic rings. The number of methoxy groups -OCH3 is 1. The summed E-state index contributed by atoms with van der Waals surface area (Å²) in [6.07, 6.45) is 0.663. The van der Waals surface area contributed by atoms with Crippen molar-refractivity contribution in [3.8, 4) is 5.75 Å². The molecule has 3 aromatic carbocycles. The minimum atomic E-state index is -3.95. The van der Waals surface area contributed by atoms with Crippen LogP contribution in [0.15, 0.2) is 83.8 Å². The predicted molar refractivity (Wildman–Crippen MR) is 122 cm³/mol. The maximum absolute atomic E-state index is 13.4. The Hall–Kier alpha value is -3.32. The first-order chi connectivity index (χ1) is 14.9. The van der Waals surface area contributed by atoms with E-state index < -0.39 is 10.0 Å². The van der Waals surface area contributed by atoms with Crippen molar-refractivity contribution in [3.05, 3.63) is 90.0 Å². The van der Waals surface area contributed by atoms with E-state index in [1.807, 2.05) is 37.3 Å². The van der Waals surface area contributed by atoms with E-state index in [0.717, 1.165) is 15.4 Å². The van der Waals surface area contributed by atoms with Gasteiger partial charge in [0.1, 0.15) is 12.3 Å². The molecular weight excluding hydrogens is 412 g/mol. The molecule has 0 saturated carbocycles. The number of hydrogen-bond donors (Lipinski definition) is 1. The topological polar surface area (TPSA) is 75.7 Å². The zero-order valence-corrected chi connectivity index (χ0v) is 18.4. The summed E-state index contributed by atoms with van der Waals surface area (Å²) < 4.78 is 33.1. The lowest BCUT2D eigenvalue weighted by Crippen LogP contribution is -2.41. The minimum Gasteiger partial charge on any atom is -0.497 e. The van der Waals surface area contributed by atoms with Crippen LogP contribution in [-0.2, 0) is 21.2 Å². The highest BCUT2D eigenvalue weighted by Gasteiger charge is 2.27. The number of aryl methyl sites for hydroxylation is 1. The van der Waals surface area contributed by atoms with Crippen molar-refractivity contribution >= 4 is 21.6 Å². The fraction of sp³-hybridized carbons (Fsp3) is 0.208. The largest absolute Gasteiger partial charge is 0.497 e. The predicted octanol–water partition coefficient (Wildman–Crippen LogP) is 3.56. The number of benzene rings is 3. The Balaban J connectivity index is 1.81. The lowest BCUT2D eigenvalue weighted by atomic mass is 10.1. The van der Waals surface area contributed by atoms with Crippen molar-refractivity contribution in [2.45, 2.75) is 18.2 Å². The van der Waals surface area contributed by atoms with Crippen LogP contribution >= 0.6 is 0 Å². The molecule has 0 saturated heterocycles. The molecule has 31 heavy (non-hydrogen) atoms. The van der Waals surface area contributed by atoms with Gasteiger partial charge in [0, 0.05) is 12.6 Å². The molecule has 0 radical (unpaired) electrons. The molecule has 162 valence electrons. The van der Waals surface area contributed by atoms with E-state index in [0.29, 0.717) is 24.4 Å². The normalized spacial score (nSPS) is 11.0. The Morgan fingerprint density at radius 3 is 2.35 bits per heavy atom. The second kappa shape index (κ2) is 10.1. The molecule has 7 heteroatoms. The molecule has 0 aliphatic rings. The van der Waals surface area contributed by atoms with Crippen LogP contribution in [0.3, 0.4) is 0 Å². The van der Waals surface area contributed by atoms with E-state index in [9.17, 15) is 13.2 Å². The smallest absolute Gasteiger partial charge is 0.264 e. The van der Waals surface area contributed by atoms with Gasteiger partial charge in [0.05, 0.1) is 17.7 Å². The molecule has 0 unspecified atom stereocenters. The molecule has 0 spiro atoms. The maximum Gasteiger partial charge on any atom is 0.264 e. The van der Waals surface area contributed by atoms with Gasteiger partial charge in [0.15, 0.2) is 0 Å². The first-order valence-corrected chi connectivity index (χ1v) is 11.4. The summed E-state index contributed by atoms with van der Waals surface area (Å²) >= 11 is 0. The van der Waals surface area contributed by atoms with Gasteiger partial charge in [-0.05, 0) is 43.2 Å². The lowest BCUT2D eigenvalue weighted by Gasteiger charge is -2.24. The number of amides is 1. The second-order valence-corrected chi connectivity index (χ2v) is 8.97. The van der Waals surface area contributed by atoms with Crippen LogP contribution in [-0.4, -0.2) is 34.5 Å². The van der Waals surface area contributed by atoms with E-state index in [-0.39, 0.29) is 17.3 Å². The van der Waals surface area contributed by atoms with Crippen molar-refractivity contribution in [3.63, 3.8) is 0 Å². The first kappa shape index (κ1) is 22.4. The average Bonchev–Trinajstić information content (AvgIpc) is 2.78. The fourth-order valence-corrected chi connectivity index (χ4v) is 4.51. The number of anilines is 1. The van der Waals surface area contributed by atoms with Gasteiger partial charge in [-0.25, -0.2) is 8.42 Å². The van der Waals surface area contributed by atoms with E-state index in [1.165, 1.54) is 7.11 Å². The Morgan fingerprint density at radius 1 is 0.968 bits per heavy atom. The standard InChI is InChI=1S/C24H26N2O4S/c1-19-11-13-23(14-12-19)31(28,29)26(21-9-6-10-22(17-21)30-2)18-24(27)25-16-15-20-7-4-3-5-8-20/h3-14,17H,15-16,18H2,1-2H3,(H,25,27). The van der Waals surface area contributed by atoms with Crippen LogP contribution in [0.4, 0.5) is 5.69 Å². The molecule has 3 rings (SSSR count). The van der Waals surface area contributed by atoms with E-state index in [1.54, 1.807) is 48.5 Å². The number of nitrogens with one attached hydrogen (secondary N) is 1. The summed E-state index contributed by atoms with van der Waals surface area (Å²) in [4.78, 5) is 12.8. The Bertz CT molecular complexity index is 1110. The Kier molecular flexibility index (Phi) is 7.31. The number of ether oxygens (including phenoxy) is 1. The third-order valence-electron chi connectivity index (χ3n) is 4.82. The van der Waals surface area contributed by atoms with E-state index in [2.05, 4.69) is 5.32 Å². The van der Waals surface area contributed by atoms with Gasteiger partial charge in [-0.15, -0.1) is 0 Å². The molecule has 0 fully saturated rings. The number of carbonyl (C=O) groups excluding carboxylic acids is 1. The Morgan fingerprint density at radius 2 is 1.68 bits per heavy atom. The van der Waals surface area contributed by atoms with Crippen LogP contribution in [0.25, 0.3) is 0 Å². The van der Waals surface area contributed by atoms with Gasteiger partial charge in [0.2, 0.25) is 5.91 Å². The monoisotopic (exact) mass is 438 g/mol. The molecule has 0 aromatic heterocycles. The van der Waals surface area contributed by atoms with Crippen molar-refractivity contribution in [2.75, 3.05) is 24.5 Å². The Labute approximate surface area is 183 Å². The molecule has 1 amide bonds. The molecule has 0 aliphatic heterocycles. The summed E-state index contributed by atoms with van der Waals surface area (Å²) in [6, 6.07) is 23.0. The van der Waals surface area contributed by atoms with Gasteiger partial charge in [-0.3, -0.25) is 9.10 Å². The summed E-state index contributed by atoms with van der Waals surface area (Å²) in [5.41, 5.74) is 2.41. The average molecular weight is 439 g/mol. The summed E-state index contributed by atoms with van der Waals surface area (Å²) in [6.45, 7) is 1.97. The van der Waals surface area contributed by atoms with Gasteiger partial charge in [-0.2, -0.15) is 0 Å². The summed E-state index contributed by atoms with van der Waals surface area (Å²) in [7, 11) is -2.44. The van der Waals surface area contributed by atoms with Crippen LogP contribution < -0.4 is 14.4 Å². The van der Waals surface area contributed by atoms with Crippen LogP contribution in [0.1, 0.15) is 11.1 Å². The van der Waals surface area contributed by atoms with Crippen LogP contribution in [0.5, 0.6) is 5.75 Å². The quantitative estimate of drug-likeness (QED) is 0.554. The third kappa shape index (κ3) is 5.86. The molecule has 6 nitrogen and oxygen atoms in total. The van der Waals surface area contributed by atoms with Gasteiger partial charge >= 0.3 is 0 Å². The van der Waals surface area contributed by atoms with Crippen molar-refractivity contribution in [2.24, 2.45) is 0 Å².